The molecule has 0 aliphatic heterocycles. The number of nitrogens with two attached hydrogens (primary N) is 2. The summed E-state index contributed by atoms with van der Waals surface area (Å²) < 4.78 is 0. The van der Waals surface area contributed by atoms with Crippen molar-refractivity contribution in [2.24, 2.45) is 5.73 Å². The molecule has 0 amide bonds. The summed E-state index contributed by atoms with van der Waals surface area (Å²) in [4.78, 5) is 4.30. The predicted molar refractivity (Wildman–Crippen MR) is 78.9 cm³/mol. The van der Waals surface area contributed by atoms with Crippen LogP contribution in [0.2, 0.25) is 0 Å². The fraction of sp³-hybridized carbons (Fsp3) is 0.0769. The molecule has 5 N–H and O–H groups in total. The lowest BCUT2D eigenvalue weighted by atomic mass is 10.0. The Balaban J connectivity index is 0.00000133. The van der Waals surface area contributed by atoms with Gasteiger partial charge < -0.3 is 11.5 Å². The second-order valence-corrected chi connectivity index (χ2v) is 4.13. The van der Waals surface area contributed by atoms with Crippen molar-refractivity contribution in [1.82, 2.24) is 15.2 Å². The van der Waals surface area contributed by atoms with E-state index in [4.69, 9.17) is 11.5 Å². The number of halogens is 1. The van der Waals surface area contributed by atoms with Crippen molar-refractivity contribution in [2.45, 2.75) is 6.54 Å². The molecule has 2 heterocycles. The van der Waals surface area contributed by atoms with Crippen molar-refractivity contribution in [1.29, 1.82) is 0 Å². The highest BCUT2D eigenvalue weighted by atomic mass is 35.5. The molecule has 0 aliphatic rings. The van der Waals surface area contributed by atoms with Gasteiger partial charge in [0.1, 0.15) is 0 Å². The summed E-state index contributed by atoms with van der Waals surface area (Å²) in [6.45, 7) is 0.548. The number of nitrogens with zero attached hydrogens (tertiary/aromatic N) is 2. The molecular weight excluding hydrogens is 262 g/mol. The number of nitrogens with one attached hydrogen (secondary N) is 1. The summed E-state index contributed by atoms with van der Waals surface area (Å²) in [5, 5.41) is 7.56. The van der Waals surface area contributed by atoms with Crippen LogP contribution >= 0.6 is 12.4 Å². The number of benzene rings is 1. The highest BCUT2D eigenvalue weighted by Crippen LogP contribution is 2.24. The fourth-order valence-corrected chi connectivity index (χ4v) is 1.91. The first-order valence-electron chi connectivity index (χ1n) is 5.67. The third-order valence-electron chi connectivity index (χ3n) is 2.97. The molecule has 5 nitrogen and oxygen atoms in total. The van der Waals surface area contributed by atoms with Crippen LogP contribution in [0.4, 0.5) is 5.82 Å². The molecule has 0 fully saturated rings. The van der Waals surface area contributed by atoms with E-state index in [1.165, 1.54) is 0 Å². The molecule has 0 bridgehead atoms. The minimum Gasteiger partial charge on any atom is -0.382 e. The molecule has 0 atom stereocenters. The number of hydrogen-bond donors (Lipinski definition) is 3. The van der Waals surface area contributed by atoms with Gasteiger partial charge in [0.15, 0.2) is 11.5 Å². The standard InChI is InChI=1S/C13H13N5.ClH/c14-6-8-1-3-9(4-2-8)10-5-11-12(15)17-18-13(11)16-7-10;/h1-5,7H,6,14H2,(H3,15,16,17,18);1H. The topological polar surface area (TPSA) is 93.6 Å². The van der Waals surface area contributed by atoms with E-state index in [0.717, 1.165) is 22.1 Å². The Morgan fingerprint density at radius 2 is 1.84 bits per heavy atom. The summed E-state index contributed by atoms with van der Waals surface area (Å²) in [6.07, 6.45) is 1.80. The van der Waals surface area contributed by atoms with Gasteiger partial charge in [0.05, 0.1) is 5.39 Å². The van der Waals surface area contributed by atoms with Crippen molar-refractivity contribution >= 4 is 29.3 Å². The van der Waals surface area contributed by atoms with Gasteiger partial charge in [-0.05, 0) is 17.2 Å². The van der Waals surface area contributed by atoms with Crippen LogP contribution < -0.4 is 11.5 Å². The maximum Gasteiger partial charge on any atom is 0.157 e. The summed E-state index contributed by atoms with van der Waals surface area (Å²) in [7, 11) is 0. The van der Waals surface area contributed by atoms with Crippen molar-refractivity contribution in [3.8, 4) is 11.1 Å². The van der Waals surface area contributed by atoms with E-state index in [9.17, 15) is 0 Å². The van der Waals surface area contributed by atoms with Crippen LogP contribution in [0.25, 0.3) is 22.2 Å². The van der Waals surface area contributed by atoms with E-state index in [2.05, 4.69) is 15.2 Å². The Morgan fingerprint density at radius 1 is 1.11 bits per heavy atom. The van der Waals surface area contributed by atoms with Gasteiger partial charge in [0.2, 0.25) is 0 Å². The number of hydrogen-bond acceptors (Lipinski definition) is 4. The first-order chi connectivity index (χ1) is 8.78. The Hall–Kier alpha value is -2.11. The largest absolute Gasteiger partial charge is 0.382 e. The first-order valence-corrected chi connectivity index (χ1v) is 5.67. The number of fused-ring (bicyclic) bond motifs is 1. The maximum absolute atomic E-state index is 5.77. The molecule has 0 saturated carbocycles. The zero-order chi connectivity index (χ0) is 12.5. The van der Waals surface area contributed by atoms with Crippen molar-refractivity contribution in [2.75, 3.05) is 5.73 Å². The third-order valence-corrected chi connectivity index (χ3v) is 2.97. The Kier molecular flexibility index (Phi) is 3.69. The molecule has 0 aliphatic carbocycles. The zero-order valence-electron chi connectivity index (χ0n) is 10.1. The van der Waals surface area contributed by atoms with Crippen LogP contribution in [0.5, 0.6) is 0 Å². The molecule has 0 spiro atoms. The van der Waals surface area contributed by atoms with E-state index >= 15 is 0 Å². The van der Waals surface area contributed by atoms with Gasteiger partial charge in [0, 0.05) is 18.3 Å². The second-order valence-electron chi connectivity index (χ2n) is 4.13. The van der Waals surface area contributed by atoms with E-state index < -0.39 is 0 Å². The van der Waals surface area contributed by atoms with E-state index in [1.807, 2.05) is 30.3 Å². The molecule has 0 unspecified atom stereocenters. The smallest absolute Gasteiger partial charge is 0.157 e. The Morgan fingerprint density at radius 3 is 2.53 bits per heavy atom. The van der Waals surface area contributed by atoms with Gasteiger partial charge in [-0.3, -0.25) is 5.10 Å². The summed E-state index contributed by atoms with van der Waals surface area (Å²) in [5.74, 6) is 0.470. The van der Waals surface area contributed by atoms with Crippen LogP contribution in [-0.4, -0.2) is 15.2 Å². The number of aromatic nitrogens is 3. The van der Waals surface area contributed by atoms with Crippen LogP contribution in [0.3, 0.4) is 0 Å². The monoisotopic (exact) mass is 275 g/mol. The molecule has 3 aromatic rings. The number of anilines is 1. The average molecular weight is 276 g/mol. The summed E-state index contributed by atoms with van der Waals surface area (Å²) >= 11 is 0. The van der Waals surface area contributed by atoms with E-state index in [0.29, 0.717) is 18.0 Å². The minimum absolute atomic E-state index is 0. The van der Waals surface area contributed by atoms with Gasteiger partial charge in [-0.15, -0.1) is 12.4 Å². The van der Waals surface area contributed by atoms with Crippen LogP contribution in [0, 0.1) is 0 Å². The quantitative estimate of drug-likeness (QED) is 0.667. The van der Waals surface area contributed by atoms with Gasteiger partial charge in [-0.1, -0.05) is 24.3 Å². The van der Waals surface area contributed by atoms with Crippen molar-refractivity contribution < 1.29 is 0 Å². The first kappa shape index (κ1) is 13.3. The lowest BCUT2D eigenvalue weighted by Gasteiger charge is -2.03. The normalized spacial score (nSPS) is 10.4. The molecule has 6 heteroatoms. The average Bonchev–Trinajstić information content (AvgIpc) is 2.80. The Bertz CT molecular complexity index is 690. The van der Waals surface area contributed by atoms with Gasteiger partial charge in [-0.25, -0.2) is 4.98 Å². The van der Waals surface area contributed by atoms with Gasteiger partial charge in [-0.2, -0.15) is 5.10 Å². The van der Waals surface area contributed by atoms with Crippen LogP contribution in [0.15, 0.2) is 36.5 Å². The molecule has 98 valence electrons. The maximum atomic E-state index is 5.77. The molecular formula is C13H14ClN5. The molecule has 0 radical (unpaired) electrons. The predicted octanol–water partition coefficient (Wildman–Crippen LogP) is 2.09. The zero-order valence-corrected chi connectivity index (χ0v) is 10.9. The molecule has 1 aromatic carbocycles. The van der Waals surface area contributed by atoms with Crippen molar-refractivity contribution in [3.05, 3.63) is 42.1 Å². The van der Waals surface area contributed by atoms with Crippen LogP contribution in [-0.2, 0) is 6.54 Å². The lowest BCUT2D eigenvalue weighted by molar-refractivity contribution is 1.07. The second kappa shape index (κ2) is 5.26. The Labute approximate surface area is 116 Å². The summed E-state index contributed by atoms with van der Waals surface area (Å²) in [5.41, 5.74) is 15.3. The van der Waals surface area contributed by atoms with E-state index in [1.54, 1.807) is 6.20 Å². The van der Waals surface area contributed by atoms with Gasteiger partial charge >= 0.3 is 0 Å². The SMILES string of the molecule is Cl.NCc1ccc(-c2cnc3[nH]nc(N)c3c2)cc1. The number of rotatable bonds is 2. The molecule has 0 saturated heterocycles. The fourth-order valence-electron chi connectivity index (χ4n) is 1.91. The molecule has 19 heavy (non-hydrogen) atoms. The number of aromatic amines is 1. The molecule has 3 rings (SSSR count). The van der Waals surface area contributed by atoms with Gasteiger partial charge in [0.25, 0.3) is 0 Å². The number of pyridine rings is 1. The van der Waals surface area contributed by atoms with E-state index in [-0.39, 0.29) is 12.4 Å². The summed E-state index contributed by atoms with van der Waals surface area (Å²) in [6, 6.07) is 10.1. The lowest BCUT2D eigenvalue weighted by Crippen LogP contribution is -1.95. The highest BCUT2D eigenvalue weighted by molar-refractivity contribution is 5.89. The van der Waals surface area contributed by atoms with Crippen molar-refractivity contribution in [3.63, 3.8) is 0 Å². The minimum atomic E-state index is 0. The number of nitrogen functional groups attached to an aromatic ring is 1. The molecule has 2 aromatic heterocycles. The number of H-pyrrole nitrogens is 1. The highest BCUT2D eigenvalue weighted by Gasteiger charge is 2.05. The van der Waals surface area contributed by atoms with Crippen LogP contribution in [0.1, 0.15) is 5.56 Å². The third kappa shape index (κ3) is 2.38.